The van der Waals surface area contributed by atoms with E-state index < -0.39 is 0 Å². The van der Waals surface area contributed by atoms with Crippen molar-refractivity contribution in [3.63, 3.8) is 0 Å². The van der Waals surface area contributed by atoms with Crippen LogP contribution in [-0.2, 0) is 4.79 Å². The van der Waals surface area contributed by atoms with Crippen molar-refractivity contribution in [3.8, 4) is 5.75 Å². The van der Waals surface area contributed by atoms with Gasteiger partial charge in [-0.15, -0.1) is 11.3 Å². The van der Waals surface area contributed by atoms with Crippen LogP contribution in [0.2, 0.25) is 0 Å². The Kier molecular flexibility index (Phi) is 5.77. The van der Waals surface area contributed by atoms with E-state index in [1.807, 2.05) is 52.7 Å². The number of likely N-dealkylation sites (tertiary alicyclic amines) is 1. The molecular formula is C24H23N3O4S. The second kappa shape index (κ2) is 9.00. The Morgan fingerprint density at radius 3 is 2.59 bits per heavy atom. The van der Waals surface area contributed by atoms with Crippen molar-refractivity contribution in [2.45, 2.75) is 25.3 Å². The normalized spacial score (nSPS) is 18.1. The lowest BCUT2D eigenvalue weighted by atomic mass is 10.0. The summed E-state index contributed by atoms with van der Waals surface area (Å²) < 4.78 is 11.3. The molecule has 2 aliphatic heterocycles. The zero-order valence-corrected chi connectivity index (χ0v) is 18.3. The van der Waals surface area contributed by atoms with E-state index in [0.29, 0.717) is 22.8 Å². The average Bonchev–Trinajstić information content (AvgIpc) is 3.64. The fourth-order valence-corrected chi connectivity index (χ4v) is 4.69. The molecule has 2 aliphatic rings. The highest BCUT2D eigenvalue weighted by atomic mass is 32.1. The molecule has 0 N–H and O–H groups in total. The maximum atomic E-state index is 13.0. The molecular weight excluding hydrogens is 426 g/mol. The third-order valence-electron chi connectivity index (χ3n) is 5.73. The van der Waals surface area contributed by atoms with Gasteiger partial charge in [-0.1, -0.05) is 6.07 Å². The van der Waals surface area contributed by atoms with Crippen LogP contribution >= 0.6 is 11.3 Å². The first-order valence-electron chi connectivity index (χ1n) is 10.7. The van der Waals surface area contributed by atoms with Crippen molar-refractivity contribution in [2.24, 2.45) is 5.10 Å². The van der Waals surface area contributed by atoms with Crippen molar-refractivity contribution in [3.05, 3.63) is 76.4 Å². The number of carbonyl (C=O) groups is 2. The first kappa shape index (κ1) is 20.5. The molecule has 0 unspecified atom stereocenters. The van der Waals surface area contributed by atoms with E-state index >= 15 is 0 Å². The Morgan fingerprint density at radius 1 is 1.09 bits per heavy atom. The Bertz CT molecular complexity index is 1100. The highest BCUT2D eigenvalue weighted by Gasteiger charge is 2.35. The van der Waals surface area contributed by atoms with Crippen LogP contribution in [0.25, 0.3) is 0 Å². The van der Waals surface area contributed by atoms with Crippen LogP contribution in [0.15, 0.2) is 69.7 Å². The Hall–Kier alpha value is -3.39. The van der Waals surface area contributed by atoms with E-state index in [0.717, 1.165) is 37.2 Å². The monoisotopic (exact) mass is 449 g/mol. The molecule has 0 spiro atoms. The van der Waals surface area contributed by atoms with E-state index in [9.17, 15) is 9.59 Å². The molecule has 164 valence electrons. The number of carbonyl (C=O) groups excluding carboxylic acids is 2. The first-order chi connectivity index (χ1) is 15.7. The Morgan fingerprint density at radius 2 is 1.91 bits per heavy atom. The Balaban J connectivity index is 1.30. The van der Waals surface area contributed by atoms with Crippen molar-refractivity contribution in [1.82, 2.24) is 9.91 Å². The minimum atomic E-state index is -0.288. The highest BCUT2D eigenvalue weighted by molar-refractivity contribution is 7.12. The number of nitrogens with zero attached hydrogens (tertiary/aromatic N) is 3. The molecule has 1 saturated heterocycles. The third-order valence-corrected chi connectivity index (χ3v) is 6.59. The van der Waals surface area contributed by atoms with Gasteiger partial charge in [-0.3, -0.25) is 9.59 Å². The maximum absolute atomic E-state index is 13.0. The molecule has 1 fully saturated rings. The van der Waals surface area contributed by atoms with Crippen LogP contribution < -0.4 is 4.74 Å². The molecule has 0 aliphatic carbocycles. The summed E-state index contributed by atoms with van der Waals surface area (Å²) in [6, 6.07) is 14.5. The second-order valence-electron chi connectivity index (χ2n) is 7.81. The van der Waals surface area contributed by atoms with Crippen LogP contribution in [0, 0.1) is 0 Å². The number of thiophene rings is 1. The molecule has 0 radical (unpaired) electrons. The summed E-state index contributed by atoms with van der Waals surface area (Å²) in [5.41, 5.74) is 1.71. The lowest BCUT2D eigenvalue weighted by Crippen LogP contribution is -2.32. The molecule has 8 heteroatoms. The minimum absolute atomic E-state index is 0.0239. The largest absolute Gasteiger partial charge is 0.484 e. The molecule has 5 rings (SSSR count). The zero-order chi connectivity index (χ0) is 21.9. The standard InChI is InChI=1S/C24H23N3O4S/c28-23(26-11-1-2-12-26)16-31-18-9-7-17(8-10-18)19-15-20(21-5-3-13-30-21)27(25-19)24(29)22-6-4-14-32-22/h3-10,13-14,20H,1-2,11-12,15-16H2/t20-/m0/s1. The number of hydrazone groups is 1. The summed E-state index contributed by atoms with van der Waals surface area (Å²) in [6.07, 6.45) is 4.29. The van der Waals surface area contributed by atoms with E-state index in [4.69, 9.17) is 9.15 Å². The van der Waals surface area contributed by atoms with E-state index in [-0.39, 0.29) is 24.5 Å². The minimum Gasteiger partial charge on any atom is -0.484 e. The van der Waals surface area contributed by atoms with Crippen molar-refractivity contribution in [2.75, 3.05) is 19.7 Å². The predicted octanol–water partition coefficient (Wildman–Crippen LogP) is 4.33. The van der Waals surface area contributed by atoms with Crippen LogP contribution in [-0.4, -0.2) is 47.1 Å². The first-order valence-corrected chi connectivity index (χ1v) is 11.6. The maximum Gasteiger partial charge on any atom is 0.284 e. The average molecular weight is 450 g/mol. The lowest BCUT2D eigenvalue weighted by Gasteiger charge is -2.19. The smallest absolute Gasteiger partial charge is 0.284 e. The van der Waals surface area contributed by atoms with Crippen molar-refractivity contribution >= 4 is 28.9 Å². The topological polar surface area (TPSA) is 75.3 Å². The number of amides is 2. The van der Waals surface area contributed by atoms with Gasteiger partial charge in [0.25, 0.3) is 11.8 Å². The van der Waals surface area contributed by atoms with Gasteiger partial charge in [-0.2, -0.15) is 5.10 Å². The predicted molar refractivity (Wildman–Crippen MR) is 121 cm³/mol. The summed E-state index contributed by atoms with van der Waals surface area (Å²) in [4.78, 5) is 27.7. The second-order valence-corrected chi connectivity index (χ2v) is 8.76. The van der Waals surface area contributed by atoms with Gasteiger partial charge in [0.05, 0.1) is 16.9 Å². The van der Waals surface area contributed by atoms with Gasteiger partial charge in [0.1, 0.15) is 17.6 Å². The molecule has 3 aromatic rings. The quantitative estimate of drug-likeness (QED) is 0.561. The van der Waals surface area contributed by atoms with Gasteiger partial charge < -0.3 is 14.1 Å². The van der Waals surface area contributed by atoms with Crippen LogP contribution in [0.5, 0.6) is 5.75 Å². The molecule has 1 aromatic carbocycles. The molecule has 2 aromatic heterocycles. The summed E-state index contributed by atoms with van der Waals surface area (Å²) in [5.74, 6) is 1.22. The van der Waals surface area contributed by atoms with Gasteiger partial charge in [-0.05, 0) is 66.2 Å². The number of benzene rings is 1. The molecule has 1 atom stereocenters. The molecule has 4 heterocycles. The van der Waals surface area contributed by atoms with Crippen LogP contribution in [0.1, 0.15) is 46.3 Å². The summed E-state index contributed by atoms with van der Waals surface area (Å²) in [5, 5.41) is 8.04. The summed E-state index contributed by atoms with van der Waals surface area (Å²) >= 11 is 1.39. The molecule has 0 saturated carbocycles. The molecule has 0 bridgehead atoms. The molecule has 2 amide bonds. The highest BCUT2D eigenvalue weighted by Crippen LogP contribution is 2.35. The SMILES string of the molecule is O=C(COc1ccc(C2=NN(C(=O)c3cccs3)[C@H](c3ccco3)C2)cc1)N1CCCC1. The fourth-order valence-electron chi connectivity index (χ4n) is 4.03. The Labute approximate surface area is 189 Å². The van der Waals surface area contributed by atoms with Gasteiger partial charge in [0.2, 0.25) is 0 Å². The zero-order valence-electron chi connectivity index (χ0n) is 17.5. The number of rotatable bonds is 6. The molecule has 7 nitrogen and oxygen atoms in total. The number of ether oxygens (including phenoxy) is 1. The third kappa shape index (κ3) is 4.18. The van der Waals surface area contributed by atoms with E-state index in [1.165, 1.54) is 16.3 Å². The van der Waals surface area contributed by atoms with Crippen molar-refractivity contribution in [1.29, 1.82) is 0 Å². The van der Waals surface area contributed by atoms with Crippen molar-refractivity contribution < 1.29 is 18.7 Å². The lowest BCUT2D eigenvalue weighted by molar-refractivity contribution is -0.132. The molecule has 32 heavy (non-hydrogen) atoms. The van der Waals surface area contributed by atoms with Gasteiger partial charge in [-0.25, -0.2) is 5.01 Å². The van der Waals surface area contributed by atoms with Gasteiger partial charge in [0, 0.05) is 19.5 Å². The number of hydrogen-bond donors (Lipinski definition) is 0. The fraction of sp³-hybridized carbons (Fsp3) is 0.292. The van der Waals surface area contributed by atoms with Gasteiger partial charge >= 0.3 is 0 Å². The van der Waals surface area contributed by atoms with Gasteiger partial charge in [0.15, 0.2) is 6.61 Å². The summed E-state index contributed by atoms with van der Waals surface area (Å²) in [7, 11) is 0. The summed E-state index contributed by atoms with van der Waals surface area (Å²) in [6.45, 7) is 1.68. The number of hydrogen-bond acceptors (Lipinski definition) is 6. The number of furan rings is 1. The van der Waals surface area contributed by atoms with Crippen LogP contribution in [0.4, 0.5) is 0 Å². The van der Waals surface area contributed by atoms with E-state index in [1.54, 1.807) is 12.3 Å². The van der Waals surface area contributed by atoms with Crippen LogP contribution in [0.3, 0.4) is 0 Å². The van der Waals surface area contributed by atoms with E-state index in [2.05, 4.69) is 5.10 Å².